The highest BCUT2D eigenvalue weighted by Gasteiger charge is 2.26. The van der Waals surface area contributed by atoms with Crippen LogP contribution in [0.3, 0.4) is 0 Å². The largest absolute Gasteiger partial charge is 0.481 e. The topological polar surface area (TPSA) is 47.5 Å². The first-order valence-corrected chi connectivity index (χ1v) is 8.43. The molecular weight excluding hydrogens is 302 g/mol. The Kier molecular flexibility index (Phi) is 5.30. The molecule has 5 heteroatoms. The second kappa shape index (κ2) is 7.62. The van der Waals surface area contributed by atoms with Gasteiger partial charge in [0, 0.05) is 19.0 Å². The molecule has 0 bridgehead atoms. The van der Waals surface area contributed by atoms with Crippen LogP contribution in [0.1, 0.15) is 23.4 Å². The molecule has 5 nitrogen and oxygen atoms in total. The summed E-state index contributed by atoms with van der Waals surface area (Å²) in [6.45, 7) is 7.35. The first-order valence-electron chi connectivity index (χ1n) is 8.43. The van der Waals surface area contributed by atoms with Crippen LogP contribution in [0.5, 0.6) is 5.88 Å². The summed E-state index contributed by atoms with van der Waals surface area (Å²) in [5, 5.41) is 0. The van der Waals surface area contributed by atoms with Crippen LogP contribution in [0, 0.1) is 19.8 Å². The summed E-state index contributed by atoms with van der Waals surface area (Å²) < 4.78 is 11.3. The number of hydrogen-bond donors (Lipinski definition) is 0. The molecule has 1 fully saturated rings. The molecule has 2 heterocycles. The number of benzene rings is 1. The average molecular weight is 327 g/mol. The molecule has 2 aromatic rings. The number of aromatic nitrogens is 2. The Balaban J connectivity index is 1.57. The summed E-state index contributed by atoms with van der Waals surface area (Å²) in [6.07, 6.45) is 1.12. The first kappa shape index (κ1) is 16.7. The highest BCUT2D eigenvalue weighted by atomic mass is 16.5. The Morgan fingerprint density at radius 2 is 1.96 bits per heavy atom. The zero-order valence-electron chi connectivity index (χ0n) is 14.7. The van der Waals surface area contributed by atoms with Gasteiger partial charge in [0.05, 0.1) is 25.9 Å². The number of rotatable bonds is 6. The Morgan fingerprint density at radius 1 is 1.17 bits per heavy atom. The Hall–Kier alpha value is -2.14. The van der Waals surface area contributed by atoms with Crippen LogP contribution in [0.2, 0.25) is 0 Å². The van der Waals surface area contributed by atoms with Gasteiger partial charge < -0.3 is 14.4 Å². The van der Waals surface area contributed by atoms with Crippen molar-refractivity contribution in [2.45, 2.75) is 26.9 Å². The quantitative estimate of drug-likeness (QED) is 0.816. The van der Waals surface area contributed by atoms with Crippen molar-refractivity contribution >= 4 is 5.82 Å². The van der Waals surface area contributed by atoms with Crippen molar-refractivity contribution in [3.63, 3.8) is 0 Å². The van der Waals surface area contributed by atoms with E-state index in [1.807, 2.05) is 32.0 Å². The molecule has 128 valence electrons. The molecule has 0 saturated carbocycles. The molecule has 3 rings (SSSR count). The van der Waals surface area contributed by atoms with Gasteiger partial charge in [-0.05, 0) is 25.8 Å². The van der Waals surface area contributed by atoms with Crippen LogP contribution in [0.15, 0.2) is 30.3 Å². The lowest BCUT2D eigenvalue weighted by atomic mass is 10.1. The van der Waals surface area contributed by atoms with Crippen molar-refractivity contribution in [1.82, 2.24) is 9.97 Å². The molecule has 0 spiro atoms. The van der Waals surface area contributed by atoms with Crippen LogP contribution in [-0.2, 0) is 11.3 Å². The average Bonchev–Trinajstić information content (AvgIpc) is 3.06. The van der Waals surface area contributed by atoms with E-state index in [-0.39, 0.29) is 0 Å². The van der Waals surface area contributed by atoms with E-state index in [4.69, 9.17) is 9.47 Å². The maximum Gasteiger partial charge on any atom is 0.221 e. The van der Waals surface area contributed by atoms with Crippen LogP contribution in [0.4, 0.5) is 5.82 Å². The predicted molar refractivity (Wildman–Crippen MR) is 94.5 cm³/mol. The first-order chi connectivity index (χ1) is 11.7. The Labute approximate surface area is 143 Å². The molecule has 1 aliphatic heterocycles. The van der Waals surface area contributed by atoms with Gasteiger partial charge in [-0.2, -0.15) is 4.98 Å². The fraction of sp³-hybridized carbons (Fsp3) is 0.474. The molecule has 1 aliphatic rings. The summed E-state index contributed by atoms with van der Waals surface area (Å²) in [4.78, 5) is 11.3. The maximum absolute atomic E-state index is 5.90. The summed E-state index contributed by atoms with van der Waals surface area (Å²) in [7, 11) is 1.66. The minimum absolute atomic E-state index is 0.536. The zero-order valence-corrected chi connectivity index (χ0v) is 14.7. The number of hydrogen-bond acceptors (Lipinski definition) is 5. The Bertz CT molecular complexity index is 676. The van der Waals surface area contributed by atoms with Crippen LogP contribution in [-0.4, -0.2) is 36.8 Å². The number of anilines is 1. The van der Waals surface area contributed by atoms with E-state index in [1.165, 1.54) is 5.56 Å². The lowest BCUT2D eigenvalue weighted by molar-refractivity contribution is 0.0929. The van der Waals surface area contributed by atoms with Gasteiger partial charge in [0.2, 0.25) is 5.88 Å². The second-order valence-electron chi connectivity index (χ2n) is 6.33. The number of nitrogens with zero attached hydrogens (tertiary/aromatic N) is 3. The molecule has 0 amide bonds. The van der Waals surface area contributed by atoms with Crippen molar-refractivity contribution in [1.29, 1.82) is 0 Å². The molecule has 1 aromatic heterocycles. The van der Waals surface area contributed by atoms with E-state index in [9.17, 15) is 0 Å². The fourth-order valence-electron chi connectivity index (χ4n) is 3.17. The van der Waals surface area contributed by atoms with Crippen molar-refractivity contribution in [2.75, 3.05) is 31.7 Å². The molecule has 1 saturated heterocycles. The van der Waals surface area contributed by atoms with Gasteiger partial charge in [-0.15, -0.1) is 0 Å². The highest BCUT2D eigenvalue weighted by Crippen LogP contribution is 2.29. The van der Waals surface area contributed by atoms with E-state index in [2.05, 4.69) is 27.0 Å². The maximum atomic E-state index is 5.90. The van der Waals surface area contributed by atoms with E-state index in [0.717, 1.165) is 43.3 Å². The third-order valence-corrected chi connectivity index (χ3v) is 4.43. The monoisotopic (exact) mass is 327 g/mol. The normalized spacial score (nSPS) is 17.3. The van der Waals surface area contributed by atoms with E-state index < -0.39 is 0 Å². The van der Waals surface area contributed by atoms with Crippen molar-refractivity contribution < 1.29 is 9.47 Å². The zero-order chi connectivity index (χ0) is 16.9. The molecule has 24 heavy (non-hydrogen) atoms. The van der Waals surface area contributed by atoms with Crippen molar-refractivity contribution in [3.05, 3.63) is 47.3 Å². The van der Waals surface area contributed by atoms with Gasteiger partial charge in [-0.3, -0.25) is 0 Å². The minimum Gasteiger partial charge on any atom is -0.481 e. The van der Waals surface area contributed by atoms with E-state index >= 15 is 0 Å². The van der Waals surface area contributed by atoms with Gasteiger partial charge in [0.1, 0.15) is 11.6 Å². The molecule has 0 N–H and O–H groups in total. The van der Waals surface area contributed by atoms with Gasteiger partial charge in [0.15, 0.2) is 0 Å². The van der Waals surface area contributed by atoms with Crippen LogP contribution in [0.25, 0.3) is 0 Å². The van der Waals surface area contributed by atoms with E-state index in [0.29, 0.717) is 18.4 Å². The lowest BCUT2D eigenvalue weighted by Crippen LogP contribution is -2.24. The number of ether oxygens (including phenoxy) is 2. The van der Waals surface area contributed by atoms with Gasteiger partial charge in [-0.25, -0.2) is 4.98 Å². The van der Waals surface area contributed by atoms with Gasteiger partial charge in [-0.1, -0.05) is 30.3 Å². The van der Waals surface area contributed by atoms with Crippen LogP contribution < -0.4 is 9.64 Å². The van der Waals surface area contributed by atoms with Crippen molar-refractivity contribution in [3.8, 4) is 5.88 Å². The molecule has 1 unspecified atom stereocenters. The van der Waals surface area contributed by atoms with E-state index in [1.54, 1.807) is 7.11 Å². The van der Waals surface area contributed by atoms with Gasteiger partial charge >= 0.3 is 0 Å². The van der Waals surface area contributed by atoms with Crippen LogP contribution >= 0.6 is 0 Å². The predicted octanol–water partition coefficient (Wildman–Crippen LogP) is 3.15. The minimum atomic E-state index is 0.536. The summed E-state index contributed by atoms with van der Waals surface area (Å²) >= 11 is 0. The number of aryl methyl sites for hydroxylation is 1. The molecule has 0 aliphatic carbocycles. The summed E-state index contributed by atoms with van der Waals surface area (Å²) in [6, 6.07) is 10.3. The standard InChI is InChI=1S/C19H25N3O2/c1-14-18(20-15(2)21-19(14)23-3)22-10-9-17(11-22)13-24-12-16-7-5-4-6-8-16/h4-8,17H,9-13H2,1-3H3. The van der Waals surface area contributed by atoms with Crippen molar-refractivity contribution in [2.24, 2.45) is 5.92 Å². The third-order valence-electron chi connectivity index (χ3n) is 4.43. The highest BCUT2D eigenvalue weighted by molar-refractivity contribution is 5.51. The molecule has 0 radical (unpaired) electrons. The lowest BCUT2D eigenvalue weighted by Gasteiger charge is -2.21. The second-order valence-corrected chi connectivity index (χ2v) is 6.33. The molecular formula is C19H25N3O2. The fourth-order valence-corrected chi connectivity index (χ4v) is 3.17. The molecule has 1 aromatic carbocycles. The molecule has 1 atom stereocenters. The smallest absolute Gasteiger partial charge is 0.221 e. The van der Waals surface area contributed by atoms with Gasteiger partial charge in [0.25, 0.3) is 0 Å². The third kappa shape index (κ3) is 3.85. The number of methoxy groups -OCH3 is 1. The summed E-state index contributed by atoms with van der Waals surface area (Å²) in [5.74, 6) is 2.94. The SMILES string of the molecule is COc1nc(C)nc(N2CCC(COCc3ccccc3)C2)c1C. The Morgan fingerprint density at radius 3 is 2.71 bits per heavy atom. The summed E-state index contributed by atoms with van der Waals surface area (Å²) in [5.41, 5.74) is 2.23.